The average molecular weight is 432 g/mol. The Morgan fingerprint density at radius 3 is 2.21 bits per heavy atom. The summed E-state index contributed by atoms with van der Waals surface area (Å²) in [5, 5.41) is 19.8. The number of allylic oxidation sites excluding steroid dienone is 1. The van der Waals surface area contributed by atoms with Gasteiger partial charge in [0.05, 0.1) is 12.1 Å². The summed E-state index contributed by atoms with van der Waals surface area (Å²) in [5.41, 5.74) is 4.54. The lowest BCUT2D eigenvalue weighted by Gasteiger charge is -2.36. The van der Waals surface area contributed by atoms with Crippen LogP contribution in [0.1, 0.15) is 42.7 Å². The summed E-state index contributed by atoms with van der Waals surface area (Å²) < 4.78 is 0. The van der Waals surface area contributed by atoms with Crippen molar-refractivity contribution in [3.63, 3.8) is 0 Å². The third-order valence-corrected chi connectivity index (χ3v) is 7.75. The number of ketones is 1. The van der Waals surface area contributed by atoms with Gasteiger partial charge in [-0.2, -0.15) is 10.5 Å². The maximum absolute atomic E-state index is 13.9. The zero-order valence-corrected chi connectivity index (χ0v) is 18.4. The molecule has 2 heterocycles. The number of Topliss-reactive ketones (excluding diaryl/α,β-unsaturated/α-hetero) is 1. The molecule has 0 aromatic heterocycles. The molecule has 2 aliphatic carbocycles. The molecule has 0 spiro atoms. The summed E-state index contributed by atoms with van der Waals surface area (Å²) in [6, 6.07) is 22.6. The molecule has 2 aliphatic heterocycles. The van der Waals surface area contributed by atoms with Gasteiger partial charge in [0.25, 0.3) is 0 Å². The number of rotatable bonds is 5. The fourth-order valence-corrected chi connectivity index (χ4v) is 6.09. The average Bonchev–Trinajstić information content (AvgIpc) is 3.78. The standard InChI is InChI=1S/C29H25N3O/c30-16-22(17-31)25(20-10-11-20)27-24-15-14-18-6-4-5-9-23(18)32(24)28(29(33)21-12-13-21)26(27)19-7-2-1-3-8-19/h1-9,14-15,20-21,24,26-28H,10-13H2/t24-,26-,27+,28-/m0/s1. The number of fused-ring (bicyclic) bond motifs is 3. The van der Waals surface area contributed by atoms with Gasteiger partial charge < -0.3 is 4.90 Å². The second kappa shape index (κ2) is 7.75. The van der Waals surface area contributed by atoms with E-state index in [2.05, 4.69) is 53.5 Å². The molecule has 2 aromatic rings. The summed E-state index contributed by atoms with van der Waals surface area (Å²) >= 11 is 0. The van der Waals surface area contributed by atoms with E-state index in [1.165, 1.54) is 0 Å². The van der Waals surface area contributed by atoms with Gasteiger partial charge >= 0.3 is 0 Å². The SMILES string of the molecule is N#CC(C#N)=C(C1CC1)[C@@H]1[C@H](c2ccccc2)[C@@H](C(=O)C2CC2)N2c3ccccc3C=C[C@@H]12. The normalized spacial score (nSPS) is 27.2. The fourth-order valence-electron chi connectivity index (χ4n) is 6.09. The van der Waals surface area contributed by atoms with Crippen molar-refractivity contribution in [3.8, 4) is 12.1 Å². The largest absolute Gasteiger partial charge is 0.353 e. The molecule has 2 saturated carbocycles. The Labute approximate surface area is 194 Å². The van der Waals surface area contributed by atoms with Crippen LogP contribution in [0.4, 0.5) is 5.69 Å². The van der Waals surface area contributed by atoms with E-state index < -0.39 is 0 Å². The zero-order valence-electron chi connectivity index (χ0n) is 18.4. The van der Waals surface area contributed by atoms with Crippen molar-refractivity contribution in [2.24, 2.45) is 17.8 Å². The highest BCUT2D eigenvalue weighted by Gasteiger charge is 2.57. The van der Waals surface area contributed by atoms with Crippen molar-refractivity contribution >= 4 is 17.5 Å². The van der Waals surface area contributed by atoms with Crippen molar-refractivity contribution in [1.82, 2.24) is 0 Å². The van der Waals surface area contributed by atoms with Crippen LogP contribution in [0.15, 0.2) is 71.8 Å². The molecule has 1 saturated heterocycles. The van der Waals surface area contributed by atoms with Crippen molar-refractivity contribution in [2.45, 2.75) is 43.7 Å². The molecule has 0 N–H and O–H groups in total. The Morgan fingerprint density at radius 2 is 1.55 bits per heavy atom. The predicted octanol–water partition coefficient (Wildman–Crippen LogP) is 5.40. The number of carbonyl (C=O) groups excluding carboxylic acids is 1. The first-order valence-corrected chi connectivity index (χ1v) is 11.9. The van der Waals surface area contributed by atoms with E-state index in [4.69, 9.17) is 0 Å². The first-order valence-electron chi connectivity index (χ1n) is 11.9. The van der Waals surface area contributed by atoms with E-state index in [1.807, 2.05) is 30.3 Å². The van der Waals surface area contributed by atoms with Crippen LogP contribution >= 0.6 is 0 Å². The van der Waals surface area contributed by atoms with Crippen LogP contribution in [-0.2, 0) is 4.79 Å². The summed E-state index contributed by atoms with van der Waals surface area (Å²) in [6.07, 6.45) is 8.30. The molecule has 6 rings (SSSR count). The molecule has 0 amide bonds. The number of nitrogens with zero attached hydrogens (tertiary/aromatic N) is 3. The topological polar surface area (TPSA) is 67.9 Å². The van der Waals surface area contributed by atoms with E-state index in [-0.39, 0.29) is 41.3 Å². The Hall–Kier alpha value is -3.63. The third-order valence-electron chi connectivity index (χ3n) is 7.75. The van der Waals surface area contributed by atoms with Gasteiger partial charge in [-0.15, -0.1) is 0 Å². The van der Waals surface area contributed by atoms with Gasteiger partial charge in [-0.1, -0.05) is 60.7 Å². The lowest BCUT2D eigenvalue weighted by Crippen LogP contribution is -2.44. The molecule has 3 fully saturated rings. The minimum Gasteiger partial charge on any atom is -0.353 e. The van der Waals surface area contributed by atoms with Crippen LogP contribution in [0.5, 0.6) is 0 Å². The second-order valence-corrected chi connectivity index (χ2v) is 9.73. The number of carbonyl (C=O) groups is 1. The molecular formula is C29H25N3O. The van der Waals surface area contributed by atoms with Gasteiger partial charge in [0.1, 0.15) is 17.7 Å². The highest BCUT2D eigenvalue weighted by molar-refractivity contribution is 5.95. The lowest BCUT2D eigenvalue weighted by molar-refractivity contribution is -0.121. The quantitative estimate of drug-likeness (QED) is 0.594. The molecule has 162 valence electrons. The maximum atomic E-state index is 13.9. The number of hydrogen-bond donors (Lipinski definition) is 0. The van der Waals surface area contributed by atoms with E-state index in [0.717, 1.165) is 48.1 Å². The molecule has 4 nitrogen and oxygen atoms in total. The minimum absolute atomic E-state index is 0.0508. The molecule has 0 radical (unpaired) electrons. The van der Waals surface area contributed by atoms with Gasteiger partial charge in [-0.05, 0) is 54.4 Å². The number of para-hydroxylation sites is 1. The summed E-state index contributed by atoms with van der Waals surface area (Å²) in [6.45, 7) is 0. The first-order chi connectivity index (χ1) is 16.2. The van der Waals surface area contributed by atoms with E-state index in [9.17, 15) is 15.3 Å². The maximum Gasteiger partial charge on any atom is 0.158 e. The molecule has 4 aliphatic rings. The molecular weight excluding hydrogens is 406 g/mol. The predicted molar refractivity (Wildman–Crippen MR) is 127 cm³/mol. The minimum atomic E-state index is -0.298. The first kappa shape index (κ1) is 20.0. The van der Waals surface area contributed by atoms with E-state index in [0.29, 0.717) is 5.78 Å². The Balaban J connectivity index is 1.61. The Bertz CT molecular complexity index is 1240. The van der Waals surface area contributed by atoms with Crippen LogP contribution in [0, 0.1) is 40.4 Å². The third kappa shape index (κ3) is 3.21. The monoisotopic (exact) mass is 431 g/mol. The van der Waals surface area contributed by atoms with Crippen LogP contribution in [0.2, 0.25) is 0 Å². The molecule has 2 aromatic carbocycles. The molecule has 4 heteroatoms. The number of hydrogen-bond acceptors (Lipinski definition) is 4. The van der Waals surface area contributed by atoms with Gasteiger partial charge in [0.2, 0.25) is 0 Å². The van der Waals surface area contributed by atoms with Crippen LogP contribution in [0.3, 0.4) is 0 Å². The van der Waals surface area contributed by atoms with Gasteiger partial charge in [0.15, 0.2) is 5.78 Å². The zero-order chi connectivity index (χ0) is 22.5. The van der Waals surface area contributed by atoms with Crippen LogP contribution in [0.25, 0.3) is 6.08 Å². The Morgan fingerprint density at radius 1 is 0.879 bits per heavy atom. The highest BCUT2D eigenvalue weighted by atomic mass is 16.1. The van der Waals surface area contributed by atoms with Crippen molar-refractivity contribution in [2.75, 3.05) is 4.90 Å². The number of anilines is 1. The van der Waals surface area contributed by atoms with E-state index in [1.54, 1.807) is 0 Å². The van der Waals surface area contributed by atoms with Gasteiger partial charge in [0, 0.05) is 23.4 Å². The smallest absolute Gasteiger partial charge is 0.158 e. The summed E-state index contributed by atoms with van der Waals surface area (Å²) in [4.78, 5) is 16.2. The molecule has 33 heavy (non-hydrogen) atoms. The molecule has 0 bridgehead atoms. The van der Waals surface area contributed by atoms with E-state index >= 15 is 0 Å². The van der Waals surface area contributed by atoms with Crippen molar-refractivity contribution in [3.05, 3.63) is 82.9 Å². The second-order valence-electron chi connectivity index (χ2n) is 9.73. The Kier molecular flexibility index (Phi) is 4.70. The number of nitriles is 2. The van der Waals surface area contributed by atoms with Gasteiger partial charge in [-0.25, -0.2) is 0 Å². The fraction of sp³-hybridized carbons (Fsp3) is 0.345. The lowest BCUT2D eigenvalue weighted by atomic mass is 9.73. The van der Waals surface area contributed by atoms with Gasteiger partial charge in [-0.3, -0.25) is 4.79 Å². The van der Waals surface area contributed by atoms with Crippen LogP contribution < -0.4 is 4.90 Å². The molecule has 0 unspecified atom stereocenters. The van der Waals surface area contributed by atoms with Crippen molar-refractivity contribution in [1.29, 1.82) is 10.5 Å². The summed E-state index contributed by atoms with van der Waals surface area (Å²) in [5.74, 6) is 0.530. The van der Waals surface area contributed by atoms with Crippen molar-refractivity contribution < 1.29 is 4.79 Å². The van der Waals surface area contributed by atoms with Crippen LogP contribution in [-0.4, -0.2) is 17.9 Å². The molecule has 4 atom stereocenters. The highest BCUT2D eigenvalue weighted by Crippen LogP contribution is 2.57. The summed E-state index contributed by atoms with van der Waals surface area (Å²) in [7, 11) is 0. The number of benzene rings is 2.